The van der Waals surface area contributed by atoms with E-state index in [2.05, 4.69) is 15.3 Å². The zero-order valence-electron chi connectivity index (χ0n) is 15.8. The number of aromatic nitrogens is 2. The maximum atomic E-state index is 11.6. The zero-order valence-corrected chi connectivity index (χ0v) is 16.5. The second kappa shape index (κ2) is 7.33. The van der Waals surface area contributed by atoms with Crippen molar-refractivity contribution in [2.24, 2.45) is 5.92 Å². The number of anilines is 1. The van der Waals surface area contributed by atoms with Gasteiger partial charge < -0.3 is 19.5 Å². The number of rotatable bonds is 5. The van der Waals surface area contributed by atoms with Crippen LogP contribution in [0.3, 0.4) is 0 Å². The lowest BCUT2D eigenvalue weighted by molar-refractivity contribution is -0.127. The number of amides is 1. The molecule has 3 rings (SSSR count). The third kappa shape index (κ3) is 3.97. The summed E-state index contributed by atoms with van der Waals surface area (Å²) in [6, 6.07) is 0. The Bertz CT molecular complexity index is 640. The van der Waals surface area contributed by atoms with Crippen molar-refractivity contribution in [1.82, 2.24) is 14.9 Å². The summed E-state index contributed by atoms with van der Waals surface area (Å²) in [6.45, 7) is 10.3. The molecule has 7 nitrogen and oxygen atoms in total. The maximum absolute atomic E-state index is 11.6. The molecule has 2 fully saturated rings. The Morgan fingerprint density at radius 1 is 1.31 bits per heavy atom. The van der Waals surface area contributed by atoms with Gasteiger partial charge in [-0.25, -0.2) is 9.97 Å². The highest BCUT2D eigenvalue weighted by Crippen LogP contribution is 2.36. The van der Waals surface area contributed by atoms with Gasteiger partial charge in [-0.2, -0.15) is 0 Å². The number of hydrogen-bond acceptors (Lipinski definition) is 6. The largest absolute Gasteiger partial charge is 0.498 e. The van der Waals surface area contributed by atoms with Gasteiger partial charge in [0.15, 0.2) is 0 Å². The molecule has 1 atom stereocenters. The van der Waals surface area contributed by atoms with Crippen LogP contribution in [0, 0.1) is 5.92 Å². The first-order valence-corrected chi connectivity index (χ1v) is 9.50. The molecule has 3 heterocycles. The number of carbonyl (C=O) groups is 1. The summed E-state index contributed by atoms with van der Waals surface area (Å²) in [4.78, 5) is 22.2. The Hall–Kier alpha value is -1.38. The molecule has 0 radical (unpaired) electrons. The number of nitrogens with zero attached hydrogens (tertiary/aromatic N) is 3. The fraction of sp³-hybridized carbons (Fsp3) is 0.706. The van der Waals surface area contributed by atoms with Crippen molar-refractivity contribution in [2.75, 3.05) is 30.8 Å². The van der Waals surface area contributed by atoms with E-state index in [0.29, 0.717) is 11.9 Å². The Balaban J connectivity index is 1.52. The van der Waals surface area contributed by atoms with E-state index in [9.17, 15) is 4.79 Å². The topological polar surface area (TPSA) is 76.6 Å². The molecule has 2 aliphatic heterocycles. The van der Waals surface area contributed by atoms with E-state index in [-0.39, 0.29) is 23.0 Å². The van der Waals surface area contributed by atoms with Crippen LogP contribution in [0.25, 0.3) is 0 Å². The Kier molecular flexibility index (Phi) is 5.46. The summed E-state index contributed by atoms with van der Waals surface area (Å²) < 4.78 is 12.0. The molecule has 0 saturated carbocycles. The molecule has 2 aliphatic rings. The van der Waals surface area contributed by atoms with Crippen molar-refractivity contribution in [2.45, 2.75) is 45.3 Å². The quantitative estimate of drug-likeness (QED) is 0.612. The molecule has 0 unspecified atom stereocenters. The molecule has 0 aliphatic carbocycles. The summed E-state index contributed by atoms with van der Waals surface area (Å²) in [7, 11) is -0.459. The number of likely N-dealkylation sites (tertiary alicyclic amines) is 1. The van der Waals surface area contributed by atoms with Crippen LogP contribution in [0.2, 0.25) is 0 Å². The minimum Gasteiger partial charge on any atom is -0.399 e. The fourth-order valence-electron chi connectivity index (χ4n) is 3.08. The first kappa shape index (κ1) is 19.4. The Morgan fingerprint density at radius 3 is 2.50 bits per heavy atom. The molecule has 26 heavy (non-hydrogen) atoms. The van der Waals surface area contributed by atoms with E-state index in [1.807, 2.05) is 32.6 Å². The molecular formula is C17H26BClN4O3. The average Bonchev–Trinajstić information content (AvgIpc) is 3.15. The number of alkyl halides is 1. The monoisotopic (exact) mass is 380 g/mol. The van der Waals surface area contributed by atoms with Crippen LogP contribution in [-0.4, -0.2) is 64.6 Å². The van der Waals surface area contributed by atoms with Crippen molar-refractivity contribution in [1.29, 1.82) is 0 Å². The lowest BCUT2D eigenvalue weighted by atomic mass is 9.81. The van der Waals surface area contributed by atoms with Crippen LogP contribution < -0.4 is 10.8 Å². The van der Waals surface area contributed by atoms with Crippen molar-refractivity contribution < 1.29 is 14.1 Å². The highest BCUT2D eigenvalue weighted by Gasteiger charge is 2.51. The molecule has 0 spiro atoms. The smallest absolute Gasteiger partial charge is 0.399 e. The van der Waals surface area contributed by atoms with E-state index >= 15 is 0 Å². The van der Waals surface area contributed by atoms with Crippen molar-refractivity contribution in [3.05, 3.63) is 12.4 Å². The second-order valence-corrected chi connectivity index (χ2v) is 8.20. The number of nitrogens with one attached hydrogen (secondary N) is 1. The standard InChI is InChI=1S/C17H26BClN4O3/c1-16(2)17(3,4)26-18(25-16)13-9-21-15(22-10-13)20-8-12-5-6-23(11-12)14(24)7-19/h9-10,12H,5-8,11H2,1-4H3,(H,20,21,22)/t12-/m1/s1. The molecule has 0 aromatic carbocycles. The fourth-order valence-corrected chi connectivity index (χ4v) is 3.25. The van der Waals surface area contributed by atoms with E-state index in [4.69, 9.17) is 20.9 Å². The molecular weight excluding hydrogens is 354 g/mol. The van der Waals surface area contributed by atoms with Crippen molar-refractivity contribution in [3.63, 3.8) is 0 Å². The highest BCUT2D eigenvalue weighted by molar-refractivity contribution is 6.61. The Morgan fingerprint density at radius 2 is 1.92 bits per heavy atom. The average molecular weight is 381 g/mol. The lowest BCUT2D eigenvalue weighted by Gasteiger charge is -2.32. The first-order valence-electron chi connectivity index (χ1n) is 8.97. The van der Waals surface area contributed by atoms with Gasteiger partial charge in [-0.1, -0.05) is 0 Å². The van der Waals surface area contributed by atoms with Crippen LogP contribution in [0.1, 0.15) is 34.1 Å². The second-order valence-electron chi connectivity index (χ2n) is 7.94. The van der Waals surface area contributed by atoms with Gasteiger partial charge >= 0.3 is 7.12 Å². The number of halogens is 1. The summed E-state index contributed by atoms with van der Waals surface area (Å²) >= 11 is 5.61. The van der Waals surface area contributed by atoms with Gasteiger partial charge in [-0.3, -0.25) is 4.79 Å². The van der Waals surface area contributed by atoms with Gasteiger partial charge in [0.2, 0.25) is 11.9 Å². The molecule has 2 saturated heterocycles. The molecule has 1 aromatic rings. The number of carbonyl (C=O) groups excluding carboxylic acids is 1. The molecule has 1 aromatic heterocycles. The van der Waals surface area contributed by atoms with E-state index in [1.54, 1.807) is 12.4 Å². The predicted molar refractivity (Wildman–Crippen MR) is 102 cm³/mol. The summed E-state index contributed by atoms with van der Waals surface area (Å²) in [5, 5.41) is 3.24. The minimum absolute atomic E-state index is 0.00261. The van der Waals surface area contributed by atoms with Crippen LogP contribution in [0.15, 0.2) is 12.4 Å². The van der Waals surface area contributed by atoms with Gasteiger partial charge in [-0.05, 0) is 40.0 Å². The minimum atomic E-state index is -0.459. The lowest BCUT2D eigenvalue weighted by Crippen LogP contribution is -2.41. The van der Waals surface area contributed by atoms with Gasteiger partial charge in [-0.15, -0.1) is 11.6 Å². The predicted octanol–water partition coefficient (Wildman–Crippen LogP) is 1.27. The van der Waals surface area contributed by atoms with Crippen LogP contribution >= 0.6 is 11.6 Å². The SMILES string of the molecule is CC1(C)OB(c2cnc(NC[C@H]3CCN(C(=O)CCl)C3)nc2)OC1(C)C. The highest BCUT2D eigenvalue weighted by atomic mass is 35.5. The molecule has 0 bridgehead atoms. The molecule has 142 valence electrons. The van der Waals surface area contributed by atoms with Crippen molar-refractivity contribution in [3.8, 4) is 0 Å². The van der Waals surface area contributed by atoms with Gasteiger partial charge in [0.05, 0.1) is 11.2 Å². The molecule has 1 N–H and O–H groups in total. The maximum Gasteiger partial charge on any atom is 0.498 e. The normalized spacial score (nSPS) is 24.1. The third-order valence-electron chi connectivity index (χ3n) is 5.50. The van der Waals surface area contributed by atoms with Crippen LogP contribution in [-0.2, 0) is 14.1 Å². The zero-order chi connectivity index (χ0) is 18.9. The third-order valence-corrected chi connectivity index (χ3v) is 5.73. The van der Waals surface area contributed by atoms with E-state index < -0.39 is 7.12 Å². The van der Waals surface area contributed by atoms with Gasteiger partial charge in [0, 0.05) is 37.5 Å². The van der Waals surface area contributed by atoms with E-state index in [1.165, 1.54) is 0 Å². The first-order chi connectivity index (χ1) is 12.2. The van der Waals surface area contributed by atoms with E-state index in [0.717, 1.165) is 31.5 Å². The summed E-state index contributed by atoms with van der Waals surface area (Å²) in [5.74, 6) is 0.988. The van der Waals surface area contributed by atoms with Crippen LogP contribution in [0.5, 0.6) is 0 Å². The van der Waals surface area contributed by atoms with Gasteiger partial charge in [0.1, 0.15) is 5.88 Å². The Labute approximate surface area is 159 Å². The van der Waals surface area contributed by atoms with Gasteiger partial charge in [0.25, 0.3) is 0 Å². The van der Waals surface area contributed by atoms with Crippen LogP contribution in [0.4, 0.5) is 5.95 Å². The summed E-state index contributed by atoms with van der Waals surface area (Å²) in [6.07, 6.45) is 4.42. The number of hydrogen-bond donors (Lipinski definition) is 1. The molecule has 9 heteroatoms. The van der Waals surface area contributed by atoms with Crippen molar-refractivity contribution >= 4 is 36.0 Å². The molecule has 1 amide bonds. The summed E-state index contributed by atoms with van der Waals surface area (Å²) in [5.41, 5.74) is 0.0289.